The van der Waals surface area contributed by atoms with Gasteiger partial charge in [0.2, 0.25) is 0 Å². The normalized spacial score (nSPS) is 9.00. The van der Waals surface area contributed by atoms with Gasteiger partial charge in [-0.2, -0.15) is 0 Å². The van der Waals surface area contributed by atoms with E-state index >= 15 is 0 Å². The summed E-state index contributed by atoms with van der Waals surface area (Å²) < 4.78 is 4.95. The molecule has 1 aromatic heterocycles. The number of nitrogen functional groups attached to an aromatic ring is 1. The smallest absolute Gasteiger partial charge is 0.146 e. The SMILES string of the molecule is COc1ccncc1NN. The van der Waals surface area contributed by atoms with Crippen LogP contribution >= 0.6 is 0 Å². The molecule has 1 aromatic rings. The monoisotopic (exact) mass is 139 g/mol. The maximum absolute atomic E-state index is 5.16. The van der Waals surface area contributed by atoms with E-state index in [-0.39, 0.29) is 0 Å². The van der Waals surface area contributed by atoms with Gasteiger partial charge in [-0.25, -0.2) is 0 Å². The number of rotatable bonds is 2. The number of anilines is 1. The molecule has 4 heteroatoms. The standard InChI is InChI=1S/C6H9N3O/c1-10-6-2-3-8-4-5(6)9-7/h2-4,9H,7H2,1H3. The van der Waals surface area contributed by atoms with Crippen molar-refractivity contribution < 1.29 is 4.74 Å². The lowest BCUT2D eigenvalue weighted by atomic mass is 10.4. The number of methoxy groups -OCH3 is 1. The largest absolute Gasteiger partial charge is 0.494 e. The minimum atomic E-state index is 0.685. The lowest BCUT2D eigenvalue weighted by Crippen LogP contribution is -2.08. The molecule has 0 unspecified atom stereocenters. The van der Waals surface area contributed by atoms with Crippen LogP contribution in [0.15, 0.2) is 18.5 Å². The van der Waals surface area contributed by atoms with Crippen molar-refractivity contribution in [1.29, 1.82) is 0 Å². The first-order chi connectivity index (χ1) is 4.88. The van der Waals surface area contributed by atoms with Crippen LogP contribution in [0, 0.1) is 0 Å². The second kappa shape index (κ2) is 3.03. The van der Waals surface area contributed by atoms with Crippen molar-refractivity contribution in [3.8, 4) is 5.75 Å². The highest BCUT2D eigenvalue weighted by atomic mass is 16.5. The molecular weight excluding hydrogens is 130 g/mol. The number of hydrazine groups is 1. The summed E-state index contributed by atoms with van der Waals surface area (Å²) in [6, 6.07) is 1.73. The minimum absolute atomic E-state index is 0.685. The first-order valence-electron chi connectivity index (χ1n) is 2.83. The van der Waals surface area contributed by atoms with Gasteiger partial charge >= 0.3 is 0 Å². The Morgan fingerprint density at radius 3 is 3.00 bits per heavy atom. The maximum atomic E-state index is 5.16. The summed E-state index contributed by atoms with van der Waals surface area (Å²) in [5.74, 6) is 5.85. The summed E-state index contributed by atoms with van der Waals surface area (Å²) in [6.07, 6.45) is 3.23. The van der Waals surface area contributed by atoms with Gasteiger partial charge in [-0.1, -0.05) is 0 Å². The molecule has 0 atom stereocenters. The van der Waals surface area contributed by atoms with Gasteiger partial charge in [0.25, 0.3) is 0 Å². The van der Waals surface area contributed by atoms with Gasteiger partial charge in [-0.3, -0.25) is 10.8 Å². The van der Waals surface area contributed by atoms with E-state index in [4.69, 9.17) is 10.6 Å². The molecule has 0 amide bonds. The zero-order chi connectivity index (χ0) is 7.40. The summed E-state index contributed by atoms with van der Waals surface area (Å²) in [5, 5.41) is 0. The van der Waals surface area contributed by atoms with Gasteiger partial charge in [-0.15, -0.1) is 0 Å². The second-order valence-corrected chi connectivity index (χ2v) is 1.72. The number of nitrogens with two attached hydrogens (primary N) is 1. The lowest BCUT2D eigenvalue weighted by molar-refractivity contribution is 0.416. The van der Waals surface area contributed by atoms with Gasteiger partial charge in [0.1, 0.15) is 11.4 Å². The van der Waals surface area contributed by atoms with Crippen LogP contribution in [0.25, 0.3) is 0 Å². The molecule has 1 heterocycles. The maximum Gasteiger partial charge on any atom is 0.146 e. The minimum Gasteiger partial charge on any atom is -0.494 e. The summed E-state index contributed by atoms with van der Waals surface area (Å²) in [5.41, 5.74) is 3.14. The molecule has 0 aliphatic carbocycles. The average molecular weight is 139 g/mol. The van der Waals surface area contributed by atoms with Crippen LogP contribution in [0.2, 0.25) is 0 Å². The van der Waals surface area contributed by atoms with Crippen molar-refractivity contribution in [3.63, 3.8) is 0 Å². The zero-order valence-electron chi connectivity index (χ0n) is 5.66. The quantitative estimate of drug-likeness (QED) is 0.459. The van der Waals surface area contributed by atoms with Crippen molar-refractivity contribution in [2.45, 2.75) is 0 Å². The first-order valence-corrected chi connectivity index (χ1v) is 2.83. The fourth-order valence-electron chi connectivity index (χ4n) is 0.668. The van der Waals surface area contributed by atoms with E-state index in [9.17, 15) is 0 Å². The van der Waals surface area contributed by atoms with E-state index in [1.165, 1.54) is 0 Å². The van der Waals surface area contributed by atoms with E-state index < -0.39 is 0 Å². The summed E-state index contributed by atoms with van der Waals surface area (Å²) in [4.78, 5) is 3.84. The molecule has 0 bridgehead atoms. The highest BCUT2D eigenvalue weighted by Gasteiger charge is 1.96. The lowest BCUT2D eigenvalue weighted by Gasteiger charge is -2.04. The van der Waals surface area contributed by atoms with Gasteiger partial charge in [0, 0.05) is 12.3 Å². The average Bonchev–Trinajstić information content (AvgIpc) is 2.04. The molecule has 0 aromatic carbocycles. The van der Waals surface area contributed by atoms with Crippen molar-refractivity contribution in [2.24, 2.45) is 5.84 Å². The predicted molar refractivity (Wildman–Crippen MR) is 38.6 cm³/mol. The summed E-state index contributed by atoms with van der Waals surface area (Å²) >= 11 is 0. The van der Waals surface area contributed by atoms with E-state index in [1.54, 1.807) is 25.6 Å². The van der Waals surface area contributed by atoms with E-state index in [0.717, 1.165) is 0 Å². The zero-order valence-corrected chi connectivity index (χ0v) is 5.66. The van der Waals surface area contributed by atoms with Crippen molar-refractivity contribution in [2.75, 3.05) is 12.5 Å². The van der Waals surface area contributed by atoms with Gasteiger partial charge in [-0.05, 0) is 0 Å². The number of aromatic nitrogens is 1. The number of ether oxygens (including phenoxy) is 1. The summed E-state index contributed by atoms with van der Waals surface area (Å²) in [6.45, 7) is 0. The molecule has 0 aliphatic heterocycles. The molecule has 0 spiro atoms. The third-order valence-corrected chi connectivity index (χ3v) is 1.16. The van der Waals surface area contributed by atoms with Crippen LogP contribution in [-0.4, -0.2) is 12.1 Å². The highest BCUT2D eigenvalue weighted by molar-refractivity contribution is 5.52. The van der Waals surface area contributed by atoms with Crippen molar-refractivity contribution >= 4 is 5.69 Å². The molecule has 0 aliphatic rings. The van der Waals surface area contributed by atoms with Crippen LogP contribution in [0.4, 0.5) is 5.69 Å². The van der Waals surface area contributed by atoms with Crippen LogP contribution < -0.4 is 16.0 Å². The molecule has 10 heavy (non-hydrogen) atoms. The first kappa shape index (κ1) is 6.82. The molecule has 3 N–H and O–H groups in total. The van der Waals surface area contributed by atoms with Crippen molar-refractivity contribution in [1.82, 2.24) is 4.98 Å². The number of hydrogen-bond acceptors (Lipinski definition) is 4. The van der Waals surface area contributed by atoms with Crippen LogP contribution in [0.5, 0.6) is 5.75 Å². The number of hydrogen-bond donors (Lipinski definition) is 2. The Morgan fingerprint density at radius 2 is 2.50 bits per heavy atom. The number of pyridine rings is 1. The third-order valence-electron chi connectivity index (χ3n) is 1.16. The Hall–Kier alpha value is -1.29. The fourth-order valence-corrected chi connectivity index (χ4v) is 0.668. The Morgan fingerprint density at radius 1 is 1.70 bits per heavy atom. The molecule has 0 fully saturated rings. The number of nitrogens with zero attached hydrogens (tertiary/aromatic N) is 1. The Labute approximate surface area is 59.0 Å². The fraction of sp³-hybridized carbons (Fsp3) is 0.167. The molecule has 1 rings (SSSR count). The topological polar surface area (TPSA) is 60.2 Å². The van der Waals surface area contributed by atoms with Crippen LogP contribution in [0.3, 0.4) is 0 Å². The molecule has 0 saturated heterocycles. The van der Waals surface area contributed by atoms with Crippen LogP contribution in [0.1, 0.15) is 0 Å². The van der Waals surface area contributed by atoms with E-state index in [2.05, 4.69) is 10.4 Å². The van der Waals surface area contributed by atoms with Crippen LogP contribution in [-0.2, 0) is 0 Å². The second-order valence-electron chi connectivity index (χ2n) is 1.72. The molecule has 54 valence electrons. The number of nitrogens with one attached hydrogen (secondary N) is 1. The highest BCUT2D eigenvalue weighted by Crippen LogP contribution is 2.19. The van der Waals surface area contributed by atoms with Gasteiger partial charge in [0.15, 0.2) is 0 Å². The van der Waals surface area contributed by atoms with Gasteiger partial charge < -0.3 is 10.2 Å². The Bertz CT molecular complexity index is 191. The molecule has 4 nitrogen and oxygen atoms in total. The summed E-state index contributed by atoms with van der Waals surface area (Å²) in [7, 11) is 1.58. The Balaban J connectivity index is 2.96. The molecule has 0 radical (unpaired) electrons. The third kappa shape index (κ3) is 1.16. The molecular formula is C6H9N3O. The Kier molecular flexibility index (Phi) is 2.07. The van der Waals surface area contributed by atoms with Crippen molar-refractivity contribution in [3.05, 3.63) is 18.5 Å². The molecule has 0 saturated carbocycles. The predicted octanol–water partition coefficient (Wildman–Crippen LogP) is 0.376. The van der Waals surface area contributed by atoms with E-state index in [0.29, 0.717) is 11.4 Å². The van der Waals surface area contributed by atoms with Gasteiger partial charge in [0.05, 0.1) is 13.3 Å². The van der Waals surface area contributed by atoms with E-state index in [1.807, 2.05) is 0 Å².